The lowest BCUT2D eigenvalue weighted by Gasteiger charge is -2.23. The molecule has 0 radical (unpaired) electrons. The highest BCUT2D eigenvalue weighted by molar-refractivity contribution is 7.63. The van der Waals surface area contributed by atoms with Gasteiger partial charge < -0.3 is 29.2 Å². The fraction of sp³-hybridized carbons (Fsp3) is 0.955. The number of hydrogen-bond acceptors (Lipinski definition) is 7. The summed E-state index contributed by atoms with van der Waals surface area (Å²) >= 11 is 0. The zero-order valence-corrected chi connectivity index (χ0v) is 22.4. The van der Waals surface area contributed by atoms with E-state index in [0.29, 0.717) is 6.10 Å². The third-order valence-corrected chi connectivity index (χ3v) is 7.31. The van der Waals surface area contributed by atoms with Crippen LogP contribution in [0.4, 0.5) is 0 Å². The van der Waals surface area contributed by atoms with Gasteiger partial charge in [0.05, 0.1) is 32.1 Å². The Labute approximate surface area is 185 Å². The summed E-state index contributed by atoms with van der Waals surface area (Å²) in [7, 11) is -0.359. The van der Waals surface area contributed by atoms with E-state index in [1.165, 1.54) is 7.11 Å². The number of ether oxygens (including phenoxy) is 4. The van der Waals surface area contributed by atoms with Gasteiger partial charge in [0, 0.05) is 18.9 Å². The van der Waals surface area contributed by atoms with Crippen LogP contribution in [0.25, 0.3) is 0 Å². The molecular weight excluding hydrogens is 405 g/mol. The Morgan fingerprint density at radius 2 is 1.53 bits per heavy atom. The van der Waals surface area contributed by atoms with Gasteiger partial charge in [-0.3, -0.25) is 4.79 Å². The summed E-state index contributed by atoms with van der Waals surface area (Å²) in [5, 5.41) is -0.00694. The van der Waals surface area contributed by atoms with Crippen LogP contribution in [0.2, 0.25) is 0 Å². The fourth-order valence-electron chi connectivity index (χ4n) is 1.73. The predicted molar refractivity (Wildman–Crippen MR) is 125 cm³/mol. The van der Waals surface area contributed by atoms with E-state index < -0.39 is 24.8 Å². The highest BCUT2D eigenvalue weighted by atomic mass is 31.2. The third-order valence-electron chi connectivity index (χ3n) is 4.08. The molecule has 0 aromatic carbocycles. The minimum absolute atomic E-state index is 0.00694. The first kappa shape index (κ1) is 31.7. The maximum Gasteiger partial charge on any atom is 0.325 e. The molecule has 1 fully saturated rings. The monoisotopic (exact) mass is 453 g/mol. The molecule has 0 aliphatic carbocycles. The normalized spacial score (nSPS) is 18.5. The lowest BCUT2D eigenvalue weighted by molar-refractivity contribution is -0.157. The molecule has 0 aromatic heterocycles. The topological polar surface area (TPSA) is 97.1 Å². The van der Waals surface area contributed by atoms with Crippen LogP contribution in [0.1, 0.15) is 68.7 Å². The number of nitrogens with two attached hydrogens (primary N) is 1. The number of esters is 1. The summed E-state index contributed by atoms with van der Waals surface area (Å²) in [5.74, 6) is -0.427. The molecule has 182 valence electrons. The highest BCUT2D eigenvalue weighted by Gasteiger charge is 2.25. The van der Waals surface area contributed by atoms with E-state index in [0.717, 1.165) is 19.6 Å². The summed E-state index contributed by atoms with van der Waals surface area (Å²) in [6, 6.07) is -0.686. The molecule has 2 atom stereocenters. The van der Waals surface area contributed by atoms with Crippen LogP contribution in [0.3, 0.4) is 0 Å². The first-order chi connectivity index (χ1) is 13.2. The number of carbonyl (C=O) groups excluding carboxylic acids is 1. The smallest absolute Gasteiger partial charge is 0.325 e. The van der Waals surface area contributed by atoms with Crippen molar-refractivity contribution in [2.24, 2.45) is 5.73 Å². The highest BCUT2D eigenvalue weighted by Crippen LogP contribution is 2.50. The van der Waals surface area contributed by atoms with Crippen molar-refractivity contribution in [1.29, 1.82) is 0 Å². The van der Waals surface area contributed by atoms with Crippen LogP contribution in [0, 0.1) is 0 Å². The van der Waals surface area contributed by atoms with Gasteiger partial charge in [0.2, 0.25) is 0 Å². The lowest BCUT2D eigenvalue weighted by Crippen LogP contribution is -2.40. The molecule has 0 spiro atoms. The van der Waals surface area contributed by atoms with Gasteiger partial charge in [-0.15, -0.1) is 0 Å². The molecule has 2 unspecified atom stereocenters. The fourth-order valence-corrected chi connectivity index (χ4v) is 1.73. The summed E-state index contributed by atoms with van der Waals surface area (Å²) in [6.45, 7) is 23.1. The quantitative estimate of drug-likeness (QED) is 0.501. The Balaban J connectivity index is 0. The molecule has 8 heteroatoms. The van der Waals surface area contributed by atoms with Crippen molar-refractivity contribution in [3.8, 4) is 0 Å². The second-order valence-electron chi connectivity index (χ2n) is 10.8. The molecule has 0 saturated carbocycles. The van der Waals surface area contributed by atoms with E-state index in [1.807, 2.05) is 34.1 Å². The van der Waals surface area contributed by atoms with E-state index in [4.69, 9.17) is 24.7 Å². The largest absolute Gasteiger partial charge is 0.459 e. The summed E-state index contributed by atoms with van der Waals surface area (Å²) in [4.78, 5) is 11.1. The number of hydrogen-bond donors (Lipinski definition) is 1. The van der Waals surface area contributed by atoms with Crippen molar-refractivity contribution in [2.75, 3.05) is 40.3 Å². The molecule has 1 aliphatic rings. The van der Waals surface area contributed by atoms with Gasteiger partial charge in [0.25, 0.3) is 0 Å². The summed E-state index contributed by atoms with van der Waals surface area (Å²) in [5.41, 5.74) is 4.94. The van der Waals surface area contributed by atoms with Crippen molar-refractivity contribution in [3.05, 3.63) is 0 Å². The summed E-state index contributed by atoms with van der Waals surface area (Å²) < 4.78 is 31.8. The van der Waals surface area contributed by atoms with Gasteiger partial charge in [0.1, 0.15) is 11.6 Å². The van der Waals surface area contributed by atoms with E-state index in [-0.39, 0.29) is 17.4 Å². The molecule has 1 rings (SSSR count). The zero-order chi connectivity index (χ0) is 24.4. The van der Waals surface area contributed by atoms with Crippen molar-refractivity contribution in [3.63, 3.8) is 0 Å². The van der Waals surface area contributed by atoms with Gasteiger partial charge in [-0.25, -0.2) is 0 Å². The minimum Gasteiger partial charge on any atom is -0.459 e. The molecule has 7 nitrogen and oxygen atoms in total. The van der Waals surface area contributed by atoms with Gasteiger partial charge in [0.15, 0.2) is 0 Å². The van der Waals surface area contributed by atoms with Crippen LogP contribution >= 0.6 is 7.14 Å². The van der Waals surface area contributed by atoms with Crippen LogP contribution < -0.4 is 5.73 Å². The molecule has 0 bridgehead atoms. The molecule has 2 N–H and O–H groups in total. The predicted octanol–water partition coefficient (Wildman–Crippen LogP) is 4.30. The van der Waals surface area contributed by atoms with Crippen molar-refractivity contribution in [2.45, 2.75) is 97.2 Å². The lowest BCUT2D eigenvalue weighted by atomic mass is 10.2. The van der Waals surface area contributed by atoms with Crippen molar-refractivity contribution < 1.29 is 28.3 Å². The van der Waals surface area contributed by atoms with Gasteiger partial charge in [-0.2, -0.15) is 0 Å². The minimum atomic E-state index is -1.85. The standard InChI is InChI=1S/C8H17NO3.C8H16O2.C6H15OP/c1-8(2,3)12-7(10)6(9)5-11-4;1-8(2,3)10-7-4-5-9-6-7;1-6(2,3)8(4,5)7/h6H,5,9H2,1-4H3;7H,4-6H2,1-3H3;1-5H3. The van der Waals surface area contributed by atoms with Gasteiger partial charge >= 0.3 is 5.97 Å². The molecule has 1 aliphatic heterocycles. The molecule has 1 heterocycles. The van der Waals surface area contributed by atoms with E-state index in [2.05, 4.69) is 20.8 Å². The van der Waals surface area contributed by atoms with Crippen LogP contribution in [-0.2, 0) is 28.3 Å². The summed E-state index contributed by atoms with van der Waals surface area (Å²) in [6.07, 6.45) is 1.39. The molecule has 0 aromatic rings. The van der Waals surface area contributed by atoms with E-state index >= 15 is 0 Å². The average molecular weight is 454 g/mol. The Hall–Kier alpha value is -0.460. The molecule has 0 amide bonds. The third kappa shape index (κ3) is 18.3. The van der Waals surface area contributed by atoms with Gasteiger partial charge in [-0.1, -0.05) is 20.8 Å². The molecular formula is C22H48NO6P. The zero-order valence-electron chi connectivity index (χ0n) is 21.5. The van der Waals surface area contributed by atoms with E-state index in [9.17, 15) is 9.36 Å². The van der Waals surface area contributed by atoms with E-state index in [1.54, 1.807) is 20.8 Å². The van der Waals surface area contributed by atoms with Crippen LogP contribution in [0.5, 0.6) is 0 Å². The van der Waals surface area contributed by atoms with Crippen molar-refractivity contribution >= 4 is 13.1 Å². The van der Waals surface area contributed by atoms with Gasteiger partial charge in [-0.05, 0) is 61.3 Å². The molecule has 1 saturated heterocycles. The number of methoxy groups -OCH3 is 1. The Kier molecular flexibility index (Phi) is 13.9. The Morgan fingerprint density at radius 1 is 1.07 bits per heavy atom. The number of carbonyl (C=O) groups is 1. The first-order valence-electron chi connectivity index (χ1n) is 10.5. The maximum atomic E-state index is 11.2. The second kappa shape index (κ2) is 13.2. The SMILES string of the molecule is CC(C)(C)OC1CCOC1.CC(C)(C)P(C)(C)=O.COCC(N)C(=O)OC(C)(C)C. The Morgan fingerprint density at radius 3 is 1.80 bits per heavy atom. The van der Waals surface area contributed by atoms with Crippen LogP contribution in [0.15, 0.2) is 0 Å². The van der Waals surface area contributed by atoms with Crippen LogP contribution in [-0.4, -0.2) is 74.7 Å². The van der Waals surface area contributed by atoms with Crippen molar-refractivity contribution in [1.82, 2.24) is 0 Å². The number of rotatable bonds is 4. The maximum absolute atomic E-state index is 11.2. The Bertz CT molecular complexity index is 519. The molecule has 30 heavy (non-hydrogen) atoms. The second-order valence-corrected chi connectivity index (χ2v) is 14.9. The average Bonchev–Trinajstić information content (AvgIpc) is 2.95. The first-order valence-corrected chi connectivity index (χ1v) is 13.1.